The Balaban J connectivity index is 1.49. The molecule has 0 heterocycles. The number of rotatable bonds is 3. The highest BCUT2D eigenvalue weighted by Crippen LogP contribution is 2.64. The second-order valence-corrected chi connectivity index (χ2v) is 11.8. The molecule has 5 heteroatoms. The standard InChI is InChI=1S/C28H36ClNO3/c1-6-27(4)15-13-19-18(17-27)11-12-22-26(2,3)23(14-16-28(19,22)5)33-25(32)24(31)30-21-10-8-7-9-20(21)29/h6-10,13,18,22-23H,1,11-12,14-17H2,2-5H3,(H,30,31). The second-order valence-electron chi connectivity index (χ2n) is 11.4. The predicted octanol–water partition coefficient (Wildman–Crippen LogP) is 6.96. The first-order chi connectivity index (χ1) is 15.5. The molecule has 4 nitrogen and oxygen atoms in total. The number of carbonyl (C=O) groups is 2. The normalized spacial score (nSPS) is 34.8. The highest BCUT2D eigenvalue weighted by atomic mass is 35.5. The Morgan fingerprint density at radius 3 is 2.58 bits per heavy atom. The van der Waals surface area contributed by atoms with Crippen LogP contribution in [-0.4, -0.2) is 18.0 Å². The highest BCUT2D eigenvalue weighted by molar-refractivity contribution is 6.39. The van der Waals surface area contributed by atoms with Crippen molar-refractivity contribution < 1.29 is 14.3 Å². The van der Waals surface area contributed by atoms with E-state index in [2.05, 4.69) is 51.7 Å². The van der Waals surface area contributed by atoms with E-state index in [0.717, 1.165) is 32.1 Å². The van der Waals surface area contributed by atoms with Crippen LogP contribution in [0.5, 0.6) is 0 Å². The molecule has 2 saturated carbocycles. The minimum Gasteiger partial charge on any atom is -0.455 e. The molecule has 5 unspecified atom stereocenters. The van der Waals surface area contributed by atoms with Crippen LogP contribution < -0.4 is 5.32 Å². The topological polar surface area (TPSA) is 55.4 Å². The van der Waals surface area contributed by atoms with Gasteiger partial charge in [0.15, 0.2) is 0 Å². The molecule has 0 aromatic heterocycles. The van der Waals surface area contributed by atoms with Gasteiger partial charge in [-0.1, -0.05) is 69.2 Å². The number of anilines is 1. The molecule has 0 bridgehead atoms. The maximum atomic E-state index is 12.7. The Hall–Kier alpha value is -2.07. The quantitative estimate of drug-likeness (QED) is 0.296. The van der Waals surface area contributed by atoms with Gasteiger partial charge in [0.05, 0.1) is 10.7 Å². The third-order valence-corrected chi connectivity index (χ3v) is 9.21. The number of esters is 1. The van der Waals surface area contributed by atoms with Crippen molar-refractivity contribution in [2.45, 2.75) is 72.3 Å². The molecular formula is C28H36ClNO3. The van der Waals surface area contributed by atoms with Crippen molar-refractivity contribution in [1.29, 1.82) is 0 Å². The van der Waals surface area contributed by atoms with Crippen LogP contribution in [0.15, 0.2) is 48.6 Å². The number of halogens is 1. The maximum Gasteiger partial charge on any atom is 0.397 e. The zero-order chi connectivity index (χ0) is 24.0. The van der Waals surface area contributed by atoms with E-state index in [-0.39, 0.29) is 22.3 Å². The Kier molecular flexibility index (Phi) is 6.28. The summed E-state index contributed by atoms with van der Waals surface area (Å²) in [7, 11) is 0. The average Bonchev–Trinajstić information content (AvgIpc) is 2.77. The maximum absolute atomic E-state index is 12.7. The van der Waals surface area contributed by atoms with Gasteiger partial charge in [0.25, 0.3) is 0 Å². The minimum absolute atomic E-state index is 0.109. The summed E-state index contributed by atoms with van der Waals surface area (Å²) in [5, 5.41) is 2.97. The summed E-state index contributed by atoms with van der Waals surface area (Å²) in [6.45, 7) is 13.2. The molecule has 33 heavy (non-hydrogen) atoms. The van der Waals surface area contributed by atoms with Crippen molar-refractivity contribution in [2.75, 3.05) is 5.32 Å². The van der Waals surface area contributed by atoms with E-state index in [4.69, 9.17) is 16.3 Å². The van der Waals surface area contributed by atoms with E-state index in [1.165, 1.54) is 6.42 Å². The summed E-state index contributed by atoms with van der Waals surface area (Å²) >= 11 is 6.11. The first-order valence-corrected chi connectivity index (χ1v) is 12.5. The van der Waals surface area contributed by atoms with E-state index >= 15 is 0 Å². The summed E-state index contributed by atoms with van der Waals surface area (Å²) in [5.74, 6) is -0.614. The van der Waals surface area contributed by atoms with Gasteiger partial charge in [-0.2, -0.15) is 0 Å². The van der Waals surface area contributed by atoms with Gasteiger partial charge < -0.3 is 10.1 Å². The first-order valence-electron chi connectivity index (χ1n) is 12.1. The van der Waals surface area contributed by atoms with Gasteiger partial charge in [0, 0.05) is 5.41 Å². The summed E-state index contributed by atoms with van der Waals surface area (Å²) in [6.07, 6.45) is 10.5. The van der Waals surface area contributed by atoms with Gasteiger partial charge in [-0.25, -0.2) is 4.79 Å². The van der Waals surface area contributed by atoms with Crippen molar-refractivity contribution in [3.8, 4) is 0 Å². The molecule has 5 atom stereocenters. The molecule has 0 radical (unpaired) electrons. The summed E-state index contributed by atoms with van der Waals surface area (Å²) < 4.78 is 5.83. The fourth-order valence-corrected chi connectivity index (χ4v) is 7.13. The van der Waals surface area contributed by atoms with E-state index < -0.39 is 11.9 Å². The van der Waals surface area contributed by atoms with E-state index in [1.807, 2.05) is 0 Å². The lowest BCUT2D eigenvalue weighted by Gasteiger charge is -2.60. The molecule has 3 aliphatic rings. The van der Waals surface area contributed by atoms with Crippen LogP contribution in [0.25, 0.3) is 0 Å². The van der Waals surface area contributed by atoms with Gasteiger partial charge in [0.1, 0.15) is 6.10 Å². The van der Waals surface area contributed by atoms with Crippen LogP contribution in [0.1, 0.15) is 66.2 Å². The molecule has 3 aliphatic carbocycles. The van der Waals surface area contributed by atoms with Crippen LogP contribution in [0.3, 0.4) is 0 Å². The largest absolute Gasteiger partial charge is 0.455 e. The van der Waals surface area contributed by atoms with Gasteiger partial charge in [0.2, 0.25) is 0 Å². The number of nitrogens with one attached hydrogen (secondary N) is 1. The van der Waals surface area contributed by atoms with Gasteiger partial charge in [-0.05, 0) is 73.3 Å². The smallest absolute Gasteiger partial charge is 0.397 e. The van der Waals surface area contributed by atoms with Crippen LogP contribution in [0.4, 0.5) is 5.69 Å². The number of carbonyl (C=O) groups excluding carboxylic acids is 2. The Labute approximate surface area is 202 Å². The van der Waals surface area contributed by atoms with Crippen LogP contribution in [0.2, 0.25) is 5.02 Å². The summed E-state index contributed by atoms with van der Waals surface area (Å²) in [6, 6.07) is 6.86. The molecule has 0 aliphatic heterocycles. The number of benzene rings is 1. The van der Waals surface area contributed by atoms with E-state index in [1.54, 1.807) is 29.8 Å². The third-order valence-electron chi connectivity index (χ3n) is 8.88. The molecular weight excluding hydrogens is 434 g/mol. The molecule has 0 spiro atoms. The molecule has 1 aromatic rings. The lowest BCUT2D eigenvalue weighted by Crippen LogP contribution is -2.55. The highest BCUT2D eigenvalue weighted by Gasteiger charge is 2.57. The van der Waals surface area contributed by atoms with Crippen molar-refractivity contribution in [1.82, 2.24) is 0 Å². The van der Waals surface area contributed by atoms with Crippen molar-refractivity contribution in [2.24, 2.45) is 28.1 Å². The lowest BCUT2D eigenvalue weighted by atomic mass is 9.46. The molecule has 0 saturated heterocycles. The zero-order valence-electron chi connectivity index (χ0n) is 20.2. The molecule has 178 valence electrons. The molecule has 4 rings (SSSR count). The number of hydrogen-bond donors (Lipinski definition) is 1. The molecule has 1 amide bonds. The zero-order valence-corrected chi connectivity index (χ0v) is 21.0. The summed E-state index contributed by atoms with van der Waals surface area (Å²) in [4.78, 5) is 25.2. The predicted molar refractivity (Wildman–Crippen MR) is 133 cm³/mol. The van der Waals surface area contributed by atoms with Crippen molar-refractivity contribution in [3.05, 3.63) is 53.6 Å². The number of ether oxygens (including phenoxy) is 1. The van der Waals surface area contributed by atoms with Crippen LogP contribution in [0, 0.1) is 28.1 Å². The van der Waals surface area contributed by atoms with Crippen LogP contribution in [-0.2, 0) is 14.3 Å². The summed E-state index contributed by atoms with van der Waals surface area (Å²) in [5.41, 5.74) is 2.09. The molecule has 1 N–H and O–H groups in total. The van der Waals surface area contributed by atoms with Crippen molar-refractivity contribution in [3.63, 3.8) is 0 Å². The Morgan fingerprint density at radius 2 is 1.88 bits per heavy atom. The van der Waals surface area contributed by atoms with E-state index in [0.29, 0.717) is 22.5 Å². The number of para-hydroxylation sites is 1. The lowest BCUT2D eigenvalue weighted by molar-refractivity contribution is -0.173. The number of amides is 1. The Morgan fingerprint density at radius 1 is 1.15 bits per heavy atom. The fraction of sp³-hybridized carbons (Fsp3) is 0.571. The SMILES string of the molecule is C=CC1(C)CC=C2C(CCC3C2(C)CCC(OC(=O)C(=O)Nc2ccccc2Cl)C3(C)C)C1. The second kappa shape index (κ2) is 8.61. The number of allylic oxidation sites excluding steroid dienone is 3. The monoisotopic (exact) mass is 469 g/mol. The van der Waals surface area contributed by atoms with Gasteiger partial charge >= 0.3 is 11.9 Å². The van der Waals surface area contributed by atoms with E-state index in [9.17, 15) is 9.59 Å². The number of fused-ring (bicyclic) bond motifs is 3. The number of hydrogen-bond acceptors (Lipinski definition) is 3. The Bertz CT molecular complexity index is 999. The van der Waals surface area contributed by atoms with Crippen molar-refractivity contribution >= 4 is 29.2 Å². The minimum atomic E-state index is -0.844. The fourth-order valence-electron chi connectivity index (χ4n) is 6.95. The third kappa shape index (κ3) is 4.27. The average molecular weight is 470 g/mol. The first kappa shape index (κ1) is 24.1. The van der Waals surface area contributed by atoms with Gasteiger partial charge in [-0.15, -0.1) is 6.58 Å². The van der Waals surface area contributed by atoms with Crippen LogP contribution >= 0.6 is 11.6 Å². The molecule has 2 fully saturated rings. The molecule has 1 aromatic carbocycles. The van der Waals surface area contributed by atoms with Gasteiger partial charge in [-0.3, -0.25) is 4.79 Å².